The summed E-state index contributed by atoms with van der Waals surface area (Å²) in [5.74, 6) is 0.626. The molecule has 0 saturated heterocycles. The van der Waals surface area contributed by atoms with Gasteiger partial charge in [-0.05, 0) is 31.5 Å². The van der Waals surface area contributed by atoms with Gasteiger partial charge < -0.3 is 9.84 Å². The standard InChI is InChI=1S/C15H19BrN2O2/c1-10(2)18-15(14(20-3)9-17-18)13(19)8-11-5-4-6-12(16)7-11/h4-7,9-10,13,19H,8H2,1-3H3. The monoisotopic (exact) mass is 338 g/mol. The Morgan fingerprint density at radius 1 is 1.40 bits per heavy atom. The fourth-order valence-electron chi connectivity index (χ4n) is 2.23. The van der Waals surface area contributed by atoms with Gasteiger partial charge in [-0.15, -0.1) is 0 Å². The van der Waals surface area contributed by atoms with Crippen LogP contribution in [0.4, 0.5) is 0 Å². The molecule has 5 heteroatoms. The molecule has 0 amide bonds. The zero-order valence-electron chi connectivity index (χ0n) is 11.9. The predicted molar refractivity (Wildman–Crippen MR) is 82.0 cm³/mol. The molecule has 0 aliphatic heterocycles. The number of hydrogen-bond acceptors (Lipinski definition) is 3. The van der Waals surface area contributed by atoms with Gasteiger partial charge in [0.15, 0.2) is 5.75 Å². The Hall–Kier alpha value is -1.33. The number of ether oxygens (including phenoxy) is 1. The highest BCUT2D eigenvalue weighted by Crippen LogP contribution is 2.30. The average Bonchev–Trinajstić information content (AvgIpc) is 2.82. The van der Waals surface area contributed by atoms with Crippen LogP contribution in [0.15, 0.2) is 34.9 Å². The molecule has 0 aliphatic rings. The Labute approximate surface area is 127 Å². The Bertz CT molecular complexity index is 581. The van der Waals surface area contributed by atoms with Crippen LogP contribution in [-0.2, 0) is 6.42 Å². The normalized spacial score (nSPS) is 12.7. The molecule has 0 fully saturated rings. The molecule has 1 aromatic carbocycles. The summed E-state index contributed by atoms with van der Waals surface area (Å²) >= 11 is 3.44. The van der Waals surface area contributed by atoms with E-state index in [0.29, 0.717) is 12.2 Å². The molecule has 0 aliphatic carbocycles. The first-order chi connectivity index (χ1) is 9.52. The number of hydrogen-bond donors (Lipinski definition) is 1. The second-order valence-electron chi connectivity index (χ2n) is 4.99. The molecule has 1 atom stereocenters. The van der Waals surface area contributed by atoms with Gasteiger partial charge in [0.25, 0.3) is 0 Å². The Kier molecular flexibility index (Phi) is 4.83. The Balaban J connectivity index is 2.28. The average molecular weight is 339 g/mol. The van der Waals surface area contributed by atoms with E-state index in [0.717, 1.165) is 15.7 Å². The van der Waals surface area contributed by atoms with E-state index in [-0.39, 0.29) is 6.04 Å². The summed E-state index contributed by atoms with van der Waals surface area (Å²) in [6.45, 7) is 4.06. The maximum Gasteiger partial charge on any atom is 0.162 e. The van der Waals surface area contributed by atoms with Crippen LogP contribution < -0.4 is 4.74 Å². The third-order valence-electron chi connectivity index (χ3n) is 3.14. The topological polar surface area (TPSA) is 47.3 Å². The SMILES string of the molecule is COc1cnn(C(C)C)c1C(O)Cc1cccc(Br)c1. The van der Waals surface area contributed by atoms with E-state index in [2.05, 4.69) is 21.0 Å². The first kappa shape index (κ1) is 15.1. The lowest BCUT2D eigenvalue weighted by Gasteiger charge is -2.17. The van der Waals surface area contributed by atoms with Crippen LogP contribution in [0.3, 0.4) is 0 Å². The van der Waals surface area contributed by atoms with E-state index in [1.165, 1.54) is 0 Å². The summed E-state index contributed by atoms with van der Waals surface area (Å²) in [5, 5.41) is 14.8. The van der Waals surface area contributed by atoms with Gasteiger partial charge in [-0.2, -0.15) is 5.10 Å². The van der Waals surface area contributed by atoms with Crippen LogP contribution in [-0.4, -0.2) is 22.0 Å². The van der Waals surface area contributed by atoms with Gasteiger partial charge >= 0.3 is 0 Å². The summed E-state index contributed by atoms with van der Waals surface area (Å²) in [5.41, 5.74) is 1.79. The van der Waals surface area contributed by atoms with Gasteiger partial charge in [0.2, 0.25) is 0 Å². The van der Waals surface area contributed by atoms with Crippen molar-refractivity contribution >= 4 is 15.9 Å². The molecule has 0 spiro atoms. The largest absolute Gasteiger partial charge is 0.493 e. The van der Waals surface area contributed by atoms with Gasteiger partial charge in [-0.1, -0.05) is 28.1 Å². The first-order valence-electron chi connectivity index (χ1n) is 6.56. The maximum absolute atomic E-state index is 10.5. The fourth-order valence-corrected chi connectivity index (χ4v) is 2.67. The predicted octanol–water partition coefficient (Wildman–Crippen LogP) is 3.51. The van der Waals surface area contributed by atoms with Gasteiger partial charge in [-0.3, -0.25) is 4.68 Å². The molecule has 0 bridgehead atoms. The minimum Gasteiger partial charge on any atom is -0.493 e. The third-order valence-corrected chi connectivity index (χ3v) is 3.63. The number of aliphatic hydroxyl groups is 1. The molecule has 108 valence electrons. The quantitative estimate of drug-likeness (QED) is 0.907. The summed E-state index contributed by atoms with van der Waals surface area (Å²) in [6.07, 6.45) is 1.53. The van der Waals surface area contributed by atoms with Crippen LogP contribution in [0.5, 0.6) is 5.75 Å². The molecule has 0 saturated carbocycles. The van der Waals surface area contributed by atoms with Crippen molar-refractivity contribution in [2.24, 2.45) is 0 Å². The van der Waals surface area contributed by atoms with Gasteiger partial charge in [0.05, 0.1) is 13.3 Å². The number of rotatable bonds is 5. The number of benzene rings is 1. The van der Waals surface area contributed by atoms with E-state index in [9.17, 15) is 5.11 Å². The van der Waals surface area contributed by atoms with Crippen LogP contribution >= 0.6 is 15.9 Å². The van der Waals surface area contributed by atoms with Crippen molar-refractivity contribution < 1.29 is 9.84 Å². The Morgan fingerprint density at radius 2 is 2.15 bits per heavy atom. The third kappa shape index (κ3) is 3.22. The van der Waals surface area contributed by atoms with Gasteiger partial charge in [0, 0.05) is 16.9 Å². The maximum atomic E-state index is 10.5. The lowest BCUT2D eigenvalue weighted by Crippen LogP contribution is -2.13. The minimum atomic E-state index is -0.649. The van der Waals surface area contributed by atoms with Crippen LogP contribution in [0.1, 0.15) is 37.3 Å². The number of halogens is 1. The summed E-state index contributed by atoms with van der Waals surface area (Å²) in [4.78, 5) is 0. The lowest BCUT2D eigenvalue weighted by atomic mass is 10.1. The molecule has 4 nitrogen and oxygen atoms in total. The van der Waals surface area contributed by atoms with Crippen molar-refractivity contribution in [3.63, 3.8) is 0 Å². The van der Waals surface area contributed by atoms with E-state index >= 15 is 0 Å². The molecule has 1 heterocycles. The van der Waals surface area contributed by atoms with Crippen LogP contribution in [0.25, 0.3) is 0 Å². The summed E-state index contributed by atoms with van der Waals surface area (Å²) < 4.78 is 8.12. The zero-order valence-corrected chi connectivity index (χ0v) is 13.5. The second-order valence-corrected chi connectivity index (χ2v) is 5.90. The van der Waals surface area contributed by atoms with Crippen molar-refractivity contribution in [1.29, 1.82) is 0 Å². The smallest absolute Gasteiger partial charge is 0.162 e. The number of aliphatic hydroxyl groups excluding tert-OH is 1. The van der Waals surface area contributed by atoms with Gasteiger partial charge in [-0.25, -0.2) is 0 Å². The number of nitrogens with zero attached hydrogens (tertiary/aromatic N) is 2. The molecule has 1 unspecified atom stereocenters. The molecule has 2 aromatic rings. The minimum absolute atomic E-state index is 0.172. The van der Waals surface area contributed by atoms with E-state index in [4.69, 9.17) is 4.74 Å². The van der Waals surface area contributed by atoms with Gasteiger partial charge in [0.1, 0.15) is 11.8 Å². The number of aromatic nitrogens is 2. The molecular formula is C15H19BrN2O2. The highest BCUT2D eigenvalue weighted by Gasteiger charge is 2.21. The lowest BCUT2D eigenvalue weighted by molar-refractivity contribution is 0.160. The second kappa shape index (κ2) is 6.41. The number of methoxy groups -OCH3 is 1. The van der Waals surface area contributed by atoms with E-state index in [1.807, 2.05) is 42.8 Å². The van der Waals surface area contributed by atoms with Crippen molar-refractivity contribution in [1.82, 2.24) is 9.78 Å². The molecule has 1 aromatic heterocycles. The molecular weight excluding hydrogens is 320 g/mol. The summed E-state index contributed by atoms with van der Waals surface area (Å²) in [7, 11) is 1.59. The molecule has 20 heavy (non-hydrogen) atoms. The summed E-state index contributed by atoms with van der Waals surface area (Å²) in [6, 6.07) is 8.10. The highest BCUT2D eigenvalue weighted by molar-refractivity contribution is 9.10. The fraction of sp³-hybridized carbons (Fsp3) is 0.400. The first-order valence-corrected chi connectivity index (χ1v) is 7.36. The molecule has 2 rings (SSSR count). The molecule has 0 radical (unpaired) electrons. The van der Waals surface area contributed by atoms with Crippen molar-refractivity contribution in [3.8, 4) is 5.75 Å². The van der Waals surface area contributed by atoms with Crippen molar-refractivity contribution in [3.05, 3.63) is 46.2 Å². The van der Waals surface area contributed by atoms with Crippen LogP contribution in [0.2, 0.25) is 0 Å². The van der Waals surface area contributed by atoms with Crippen molar-refractivity contribution in [2.45, 2.75) is 32.4 Å². The van der Waals surface area contributed by atoms with Crippen molar-refractivity contribution in [2.75, 3.05) is 7.11 Å². The highest BCUT2D eigenvalue weighted by atomic mass is 79.9. The zero-order chi connectivity index (χ0) is 14.7. The van der Waals surface area contributed by atoms with Crippen LogP contribution in [0, 0.1) is 0 Å². The Morgan fingerprint density at radius 3 is 2.75 bits per heavy atom. The van der Waals surface area contributed by atoms with E-state index in [1.54, 1.807) is 13.3 Å². The molecule has 1 N–H and O–H groups in total. The van der Waals surface area contributed by atoms with E-state index < -0.39 is 6.10 Å².